The van der Waals surface area contributed by atoms with Gasteiger partial charge in [-0.05, 0) is 5.46 Å². The molecule has 0 amide bonds. The number of benzene rings is 2. The first kappa shape index (κ1) is 14.1. The molecule has 0 spiro atoms. The van der Waals surface area contributed by atoms with Crippen molar-refractivity contribution in [3.8, 4) is 11.8 Å². The van der Waals surface area contributed by atoms with E-state index in [0.717, 1.165) is 5.69 Å². The van der Waals surface area contributed by atoms with Crippen LogP contribution in [0, 0.1) is 11.3 Å². The highest BCUT2D eigenvalue weighted by molar-refractivity contribution is 6.84. The van der Waals surface area contributed by atoms with Gasteiger partial charge < -0.3 is 0 Å². The SMILES string of the molecule is CB(c1ccccc1)c1ccccc1-[n+]1ccc(C#N)cc1. The van der Waals surface area contributed by atoms with Gasteiger partial charge in [0.05, 0.1) is 11.6 Å². The van der Waals surface area contributed by atoms with Crippen LogP contribution in [0.15, 0.2) is 79.1 Å². The summed E-state index contributed by atoms with van der Waals surface area (Å²) in [6, 6.07) is 24.7. The molecular weight excluding hydrogens is 267 g/mol. The maximum absolute atomic E-state index is 8.93. The molecule has 0 aliphatic carbocycles. The van der Waals surface area contributed by atoms with Crippen molar-refractivity contribution in [2.45, 2.75) is 6.82 Å². The number of aromatic nitrogens is 1. The van der Waals surface area contributed by atoms with Crippen LogP contribution in [0.2, 0.25) is 6.82 Å². The summed E-state index contributed by atoms with van der Waals surface area (Å²) in [7, 11) is 0. The molecule has 3 heteroatoms. The molecule has 0 fully saturated rings. The fourth-order valence-electron chi connectivity index (χ4n) is 2.67. The van der Waals surface area contributed by atoms with Crippen molar-refractivity contribution in [1.29, 1.82) is 5.26 Å². The first-order valence-electron chi connectivity index (χ1n) is 7.35. The smallest absolute Gasteiger partial charge is 0.192 e. The summed E-state index contributed by atoms with van der Waals surface area (Å²) in [5, 5.41) is 8.93. The Morgan fingerprint density at radius 1 is 0.864 bits per heavy atom. The summed E-state index contributed by atoms with van der Waals surface area (Å²) in [5.74, 6) is 0. The van der Waals surface area contributed by atoms with E-state index < -0.39 is 0 Å². The van der Waals surface area contributed by atoms with E-state index in [1.54, 1.807) is 0 Å². The lowest BCUT2D eigenvalue weighted by molar-refractivity contribution is -0.594. The molecule has 0 unspecified atom stereocenters. The molecule has 0 aliphatic rings. The summed E-state index contributed by atoms with van der Waals surface area (Å²) in [6.45, 7) is 2.53. The maximum Gasteiger partial charge on any atom is 0.214 e. The Hall–Kier alpha value is -2.86. The topological polar surface area (TPSA) is 27.7 Å². The highest BCUT2D eigenvalue weighted by atomic mass is 14.9. The molecule has 2 nitrogen and oxygen atoms in total. The van der Waals surface area contributed by atoms with E-state index in [-0.39, 0.29) is 0 Å². The summed E-state index contributed by atoms with van der Waals surface area (Å²) < 4.78 is 2.07. The van der Waals surface area contributed by atoms with Gasteiger partial charge in [-0.25, -0.2) is 0 Å². The van der Waals surface area contributed by atoms with Crippen molar-refractivity contribution in [2.75, 3.05) is 0 Å². The molecular formula is C19H16BN2+. The molecule has 1 aromatic heterocycles. The molecule has 3 rings (SSSR count). The average molecular weight is 283 g/mol. The van der Waals surface area contributed by atoms with Crippen molar-refractivity contribution in [1.82, 2.24) is 0 Å². The second-order valence-electron chi connectivity index (χ2n) is 5.30. The third kappa shape index (κ3) is 2.77. The van der Waals surface area contributed by atoms with Gasteiger partial charge in [-0.15, -0.1) is 0 Å². The van der Waals surface area contributed by atoms with Gasteiger partial charge in [-0.1, -0.05) is 60.8 Å². The Morgan fingerprint density at radius 3 is 2.18 bits per heavy atom. The molecule has 22 heavy (non-hydrogen) atoms. The van der Waals surface area contributed by atoms with Gasteiger partial charge >= 0.3 is 0 Å². The first-order chi connectivity index (χ1) is 10.8. The molecule has 0 saturated heterocycles. The van der Waals surface area contributed by atoms with Crippen LogP contribution < -0.4 is 15.5 Å². The van der Waals surface area contributed by atoms with Gasteiger partial charge in [-0.2, -0.15) is 9.83 Å². The van der Waals surface area contributed by atoms with Gasteiger partial charge in [0, 0.05) is 18.2 Å². The Kier molecular flexibility index (Phi) is 4.02. The summed E-state index contributed by atoms with van der Waals surface area (Å²) in [6.07, 6.45) is 3.88. The molecule has 0 bridgehead atoms. The van der Waals surface area contributed by atoms with E-state index in [4.69, 9.17) is 5.26 Å². The molecule has 0 radical (unpaired) electrons. The minimum atomic E-state index is 0.306. The Bertz CT molecular complexity index is 805. The molecule has 1 heterocycles. The fraction of sp³-hybridized carbons (Fsp3) is 0.0526. The Balaban J connectivity index is 2.05. The molecule has 2 aromatic carbocycles. The van der Waals surface area contributed by atoms with Crippen molar-refractivity contribution in [3.05, 3.63) is 84.7 Å². The minimum absolute atomic E-state index is 0.306. The number of hydrogen-bond donors (Lipinski definition) is 0. The van der Waals surface area contributed by atoms with Crippen molar-refractivity contribution in [2.24, 2.45) is 0 Å². The van der Waals surface area contributed by atoms with Crippen LogP contribution in [0.1, 0.15) is 5.56 Å². The number of hydrogen-bond acceptors (Lipinski definition) is 1. The lowest BCUT2D eigenvalue weighted by Gasteiger charge is -2.10. The number of nitriles is 1. The molecule has 3 aromatic rings. The van der Waals surface area contributed by atoms with Crippen LogP contribution in [-0.2, 0) is 0 Å². The second kappa shape index (κ2) is 6.28. The zero-order chi connectivity index (χ0) is 15.4. The standard InChI is InChI=1S/C19H16BN2/c1-20(17-7-3-2-4-8-17)18-9-5-6-10-19(18)22-13-11-16(15-21)12-14-22/h2-14H,1H3/q+1. The average Bonchev–Trinajstić information content (AvgIpc) is 2.62. The van der Waals surface area contributed by atoms with E-state index >= 15 is 0 Å². The molecule has 0 N–H and O–H groups in total. The lowest BCUT2D eigenvalue weighted by Crippen LogP contribution is -2.46. The van der Waals surface area contributed by atoms with Crippen molar-refractivity contribution in [3.63, 3.8) is 0 Å². The quantitative estimate of drug-likeness (QED) is 0.534. The number of pyridine rings is 1. The van der Waals surface area contributed by atoms with E-state index in [2.05, 4.69) is 59.9 Å². The molecule has 0 saturated carbocycles. The van der Waals surface area contributed by atoms with Crippen molar-refractivity contribution < 1.29 is 4.57 Å². The first-order valence-corrected chi connectivity index (χ1v) is 7.35. The highest BCUT2D eigenvalue weighted by Gasteiger charge is 2.21. The fourth-order valence-corrected chi connectivity index (χ4v) is 2.67. The van der Waals surface area contributed by atoms with E-state index in [0.29, 0.717) is 12.3 Å². The predicted molar refractivity (Wildman–Crippen MR) is 90.0 cm³/mol. The number of para-hydroxylation sites is 1. The van der Waals surface area contributed by atoms with Crippen LogP contribution in [0.3, 0.4) is 0 Å². The maximum atomic E-state index is 8.93. The normalized spacial score (nSPS) is 10.0. The van der Waals surface area contributed by atoms with Gasteiger partial charge in [-0.3, -0.25) is 0 Å². The lowest BCUT2D eigenvalue weighted by atomic mass is 9.42. The molecule has 0 atom stereocenters. The Morgan fingerprint density at radius 2 is 1.50 bits per heavy atom. The van der Waals surface area contributed by atoms with Crippen LogP contribution in [0.5, 0.6) is 0 Å². The summed E-state index contributed by atoms with van der Waals surface area (Å²) >= 11 is 0. The second-order valence-corrected chi connectivity index (χ2v) is 5.30. The monoisotopic (exact) mass is 283 g/mol. The van der Waals surface area contributed by atoms with E-state index in [9.17, 15) is 0 Å². The van der Waals surface area contributed by atoms with Crippen LogP contribution >= 0.6 is 0 Å². The molecule has 0 aliphatic heterocycles. The van der Waals surface area contributed by atoms with Gasteiger partial charge in [0.2, 0.25) is 12.4 Å². The van der Waals surface area contributed by atoms with E-state index in [1.165, 1.54) is 10.9 Å². The van der Waals surface area contributed by atoms with Crippen LogP contribution in [-0.4, -0.2) is 6.71 Å². The van der Waals surface area contributed by atoms with Crippen LogP contribution in [0.4, 0.5) is 0 Å². The van der Waals surface area contributed by atoms with Crippen LogP contribution in [0.25, 0.3) is 5.69 Å². The largest absolute Gasteiger partial charge is 0.214 e. The number of rotatable bonds is 3. The van der Waals surface area contributed by atoms with Gasteiger partial charge in [0.15, 0.2) is 12.4 Å². The minimum Gasteiger partial charge on any atom is -0.192 e. The number of nitrogens with zero attached hydrogens (tertiary/aromatic N) is 2. The highest BCUT2D eigenvalue weighted by Crippen LogP contribution is 2.01. The zero-order valence-corrected chi connectivity index (χ0v) is 12.5. The predicted octanol–water partition coefficient (Wildman–Crippen LogP) is 2.07. The van der Waals surface area contributed by atoms with Gasteiger partial charge in [0.1, 0.15) is 0 Å². The van der Waals surface area contributed by atoms with Crippen molar-refractivity contribution >= 4 is 17.6 Å². The summed E-state index contributed by atoms with van der Waals surface area (Å²) in [4.78, 5) is 0. The molecule has 104 valence electrons. The third-order valence-corrected chi connectivity index (χ3v) is 3.94. The van der Waals surface area contributed by atoms with E-state index in [1.807, 2.05) is 36.7 Å². The zero-order valence-electron chi connectivity index (χ0n) is 12.5. The third-order valence-electron chi connectivity index (χ3n) is 3.94. The summed E-state index contributed by atoms with van der Waals surface area (Å²) in [5.41, 5.74) is 4.38. The Labute approximate surface area is 131 Å². The van der Waals surface area contributed by atoms with Gasteiger partial charge in [0.25, 0.3) is 0 Å².